The van der Waals surface area contributed by atoms with Gasteiger partial charge in [-0.1, -0.05) is 6.07 Å². The number of aryl methyl sites for hydroxylation is 1. The summed E-state index contributed by atoms with van der Waals surface area (Å²) in [6, 6.07) is 6.01. The summed E-state index contributed by atoms with van der Waals surface area (Å²) >= 11 is 0. The number of carbonyl (C=O) groups is 1. The molecular weight excluding hydrogens is 334 g/mol. The first kappa shape index (κ1) is 17.0. The lowest BCUT2D eigenvalue weighted by molar-refractivity contribution is 0.0419. The molecule has 2 N–H and O–H groups in total. The number of amides is 1. The molecule has 2 aliphatic heterocycles. The number of imidazole rings is 1. The Morgan fingerprint density at radius 3 is 2.96 bits per heavy atom. The van der Waals surface area contributed by atoms with E-state index in [-0.39, 0.29) is 23.6 Å². The Balaban J connectivity index is 1.53. The van der Waals surface area contributed by atoms with E-state index in [0.717, 1.165) is 31.0 Å². The second kappa shape index (κ2) is 7.05. The van der Waals surface area contributed by atoms with Crippen molar-refractivity contribution < 1.29 is 9.53 Å². The highest BCUT2D eigenvalue weighted by Crippen LogP contribution is 2.22. The quantitative estimate of drug-likeness (QED) is 0.828. The van der Waals surface area contributed by atoms with Crippen LogP contribution in [0, 0.1) is 12.8 Å². The molecular formula is C18H23N5O3. The average molecular weight is 357 g/mol. The predicted molar refractivity (Wildman–Crippen MR) is 94.8 cm³/mol. The number of hydrogen-bond acceptors (Lipinski definition) is 5. The van der Waals surface area contributed by atoms with Crippen molar-refractivity contribution in [3.63, 3.8) is 0 Å². The molecule has 0 saturated carbocycles. The van der Waals surface area contributed by atoms with E-state index in [4.69, 9.17) is 4.74 Å². The minimum atomic E-state index is -0.366. The maximum absolute atomic E-state index is 12.9. The summed E-state index contributed by atoms with van der Waals surface area (Å²) in [6.07, 6.45) is 1.44. The second-order valence-corrected chi connectivity index (χ2v) is 7.14. The van der Waals surface area contributed by atoms with Gasteiger partial charge in [0.1, 0.15) is 5.69 Å². The van der Waals surface area contributed by atoms with Gasteiger partial charge in [-0.15, -0.1) is 0 Å². The Kier molecular flexibility index (Phi) is 4.60. The minimum absolute atomic E-state index is 0.0433. The number of fused-ring (bicyclic) bond motifs is 3. The summed E-state index contributed by atoms with van der Waals surface area (Å²) in [6.45, 7) is 6.13. The van der Waals surface area contributed by atoms with Crippen LogP contribution in [0.4, 0.5) is 0 Å². The number of ether oxygens (including phenoxy) is 1. The largest absolute Gasteiger partial charge is 0.379 e. The Labute approximate surface area is 151 Å². The van der Waals surface area contributed by atoms with E-state index in [0.29, 0.717) is 25.5 Å². The molecule has 2 fully saturated rings. The van der Waals surface area contributed by atoms with Gasteiger partial charge in [-0.2, -0.15) is 0 Å². The number of nitrogens with one attached hydrogen (secondary N) is 2. The molecule has 2 saturated heterocycles. The molecule has 2 atom stereocenters. The molecule has 2 aromatic heterocycles. The molecule has 0 radical (unpaired) electrons. The van der Waals surface area contributed by atoms with Crippen LogP contribution in [0.15, 0.2) is 29.2 Å². The van der Waals surface area contributed by atoms with Crippen molar-refractivity contribution in [1.29, 1.82) is 0 Å². The molecule has 2 aromatic rings. The lowest BCUT2D eigenvalue weighted by atomic mass is 10.1. The normalized spacial score (nSPS) is 23.7. The standard InChI is InChI=1S/C18H23N5O3/c1-12-3-2-4-14(20-12)8-22-6-13-7-23(15(9-22)11-26-10-13)17(24)16-5-19-18(25)21-16/h2-5,13,15H,6-11H2,1H3,(H2,19,21,25)/t13-,15-/m0/s1. The summed E-state index contributed by atoms with van der Waals surface area (Å²) in [7, 11) is 0. The number of rotatable bonds is 3. The molecule has 4 rings (SSSR count). The topological polar surface area (TPSA) is 94.3 Å². The van der Waals surface area contributed by atoms with Gasteiger partial charge in [0.05, 0.1) is 24.9 Å². The van der Waals surface area contributed by atoms with Crippen LogP contribution in [0.2, 0.25) is 0 Å². The Morgan fingerprint density at radius 2 is 2.19 bits per heavy atom. The van der Waals surface area contributed by atoms with Crippen LogP contribution in [-0.4, -0.2) is 69.5 Å². The van der Waals surface area contributed by atoms with Crippen LogP contribution in [-0.2, 0) is 11.3 Å². The molecule has 26 heavy (non-hydrogen) atoms. The van der Waals surface area contributed by atoms with Crippen molar-refractivity contribution in [2.75, 3.05) is 32.8 Å². The Bertz CT molecular complexity index is 845. The lowest BCUT2D eigenvalue weighted by Gasteiger charge is -2.30. The van der Waals surface area contributed by atoms with Crippen LogP contribution in [0.5, 0.6) is 0 Å². The smallest absolute Gasteiger partial charge is 0.323 e. The van der Waals surface area contributed by atoms with Gasteiger partial charge in [0, 0.05) is 44.0 Å². The first-order chi connectivity index (χ1) is 12.6. The van der Waals surface area contributed by atoms with Crippen LogP contribution >= 0.6 is 0 Å². The second-order valence-electron chi connectivity index (χ2n) is 7.14. The number of pyridine rings is 1. The number of hydrogen-bond donors (Lipinski definition) is 2. The third kappa shape index (κ3) is 3.56. The number of H-pyrrole nitrogens is 2. The Hall–Kier alpha value is -2.45. The zero-order valence-electron chi connectivity index (χ0n) is 14.8. The van der Waals surface area contributed by atoms with Crippen molar-refractivity contribution in [3.8, 4) is 0 Å². The van der Waals surface area contributed by atoms with Gasteiger partial charge in [0.15, 0.2) is 0 Å². The van der Waals surface area contributed by atoms with E-state index in [2.05, 4.69) is 19.9 Å². The maximum Gasteiger partial charge on any atom is 0.323 e. The molecule has 2 aliphatic rings. The molecule has 8 heteroatoms. The van der Waals surface area contributed by atoms with E-state index in [1.165, 1.54) is 6.20 Å². The molecule has 1 amide bonds. The fourth-order valence-electron chi connectivity index (χ4n) is 3.84. The van der Waals surface area contributed by atoms with Gasteiger partial charge in [-0.25, -0.2) is 4.79 Å². The number of carbonyl (C=O) groups excluding carboxylic acids is 1. The summed E-state index contributed by atoms with van der Waals surface area (Å²) in [5.74, 6) is 0.0845. The summed E-state index contributed by atoms with van der Waals surface area (Å²) in [4.78, 5) is 38.1. The highest BCUT2D eigenvalue weighted by atomic mass is 16.5. The molecule has 0 aliphatic carbocycles. The van der Waals surface area contributed by atoms with Crippen molar-refractivity contribution in [3.05, 3.63) is 52.0 Å². The van der Waals surface area contributed by atoms with Crippen LogP contribution in [0.25, 0.3) is 0 Å². The third-order valence-corrected chi connectivity index (χ3v) is 4.96. The van der Waals surface area contributed by atoms with E-state index < -0.39 is 0 Å². The average Bonchev–Trinajstić information content (AvgIpc) is 2.83. The molecule has 0 spiro atoms. The van der Waals surface area contributed by atoms with E-state index >= 15 is 0 Å². The molecule has 0 aromatic carbocycles. The van der Waals surface area contributed by atoms with Crippen LogP contribution < -0.4 is 5.69 Å². The monoisotopic (exact) mass is 357 g/mol. The fraction of sp³-hybridized carbons (Fsp3) is 0.500. The van der Waals surface area contributed by atoms with Crippen LogP contribution in [0.1, 0.15) is 21.9 Å². The lowest BCUT2D eigenvalue weighted by Crippen LogP contribution is -2.46. The molecule has 0 unspecified atom stereocenters. The summed E-state index contributed by atoms with van der Waals surface area (Å²) in [5, 5.41) is 0. The number of nitrogens with zero attached hydrogens (tertiary/aromatic N) is 3. The first-order valence-electron chi connectivity index (χ1n) is 8.90. The predicted octanol–water partition coefficient (Wildman–Crippen LogP) is 0.379. The zero-order valence-corrected chi connectivity index (χ0v) is 14.8. The van der Waals surface area contributed by atoms with Crippen molar-refractivity contribution in [1.82, 2.24) is 24.8 Å². The van der Waals surface area contributed by atoms with Crippen LogP contribution in [0.3, 0.4) is 0 Å². The van der Waals surface area contributed by atoms with Gasteiger partial charge in [-0.3, -0.25) is 14.7 Å². The summed E-state index contributed by atoms with van der Waals surface area (Å²) in [5.41, 5.74) is 1.98. The third-order valence-electron chi connectivity index (χ3n) is 4.96. The van der Waals surface area contributed by atoms with Gasteiger partial charge < -0.3 is 19.6 Å². The number of aromatic amines is 2. The molecule has 138 valence electrons. The molecule has 2 bridgehead atoms. The van der Waals surface area contributed by atoms with Crippen molar-refractivity contribution in [2.45, 2.75) is 19.5 Å². The summed E-state index contributed by atoms with van der Waals surface area (Å²) < 4.78 is 5.78. The first-order valence-corrected chi connectivity index (χ1v) is 8.90. The molecule has 4 heterocycles. The number of aromatic nitrogens is 3. The van der Waals surface area contributed by atoms with Gasteiger partial charge in [0.25, 0.3) is 5.91 Å². The molecule has 8 nitrogen and oxygen atoms in total. The fourth-order valence-corrected chi connectivity index (χ4v) is 3.84. The maximum atomic E-state index is 12.9. The van der Waals surface area contributed by atoms with Gasteiger partial charge >= 0.3 is 5.69 Å². The van der Waals surface area contributed by atoms with Crippen molar-refractivity contribution >= 4 is 5.91 Å². The van der Waals surface area contributed by atoms with E-state index in [1.807, 2.05) is 30.0 Å². The minimum Gasteiger partial charge on any atom is -0.379 e. The van der Waals surface area contributed by atoms with E-state index in [1.54, 1.807) is 0 Å². The van der Waals surface area contributed by atoms with Gasteiger partial charge in [-0.05, 0) is 19.1 Å². The zero-order chi connectivity index (χ0) is 18.1. The Morgan fingerprint density at radius 1 is 1.31 bits per heavy atom. The highest BCUT2D eigenvalue weighted by Gasteiger charge is 2.36. The van der Waals surface area contributed by atoms with Gasteiger partial charge in [0.2, 0.25) is 0 Å². The van der Waals surface area contributed by atoms with E-state index in [9.17, 15) is 9.59 Å². The highest BCUT2D eigenvalue weighted by molar-refractivity contribution is 5.92. The SMILES string of the molecule is Cc1cccc(CN2C[C@@H]3COC[C@H](C2)N(C(=O)c2c[nH]c(=O)[nH]2)C3)n1. The van der Waals surface area contributed by atoms with Crippen molar-refractivity contribution in [2.24, 2.45) is 5.92 Å².